The summed E-state index contributed by atoms with van der Waals surface area (Å²) in [5.41, 5.74) is 1.91. The standard InChI is InChI=1S/C13H14ClNO2/c1-8(2)11-9(3-4-15)7-10-13(12(11)14)17-6-5-16-10/h7-8H,3,5-6H2,1-2H3. The van der Waals surface area contributed by atoms with E-state index in [0.29, 0.717) is 36.2 Å². The molecule has 0 radical (unpaired) electrons. The Morgan fingerprint density at radius 2 is 2.12 bits per heavy atom. The minimum atomic E-state index is 0.252. The molecule has 2 rings (SSSR count). The Labute approximate surface area is 106 Å². The second-order valence-corrected chi connectivity index (χ2v) is 4.66. The van der Waals surface area contributed by atoms with Crippen molar-refractivity contribution in [2.24, 2.45) is 0 Å². The van der Waals surface area contributed by atoms with E-state index < -0.39 is 0 Å². The summed E-state index contributed by atoms with van der Waals surface area (Å²) in [6.07, 6.45) is 0.337. The predicted molar refractivity (Wildman–Crippen MR) is 65.8 cm³/mol. The Morgan fingerprint density at radius 3 is 2.76 bits per heavy atom. The molecule has 1 heterocycles. The van der Waals surface area contributed by atoms with Crippen molar-refractivity contribution < 1.29 is 9.47 Å². The molecule has 0 amide bonds. The van der Waals surface area contributed by atoms with E-state index >= 15 is 0 Å². The van der Waals surface area contributed by atoms with Crippen molar-refractivity contribution in [3.63, 3.8) is 0 Å². The van der Waals surface area contributed by atoms with E-state index in [9.17, 15) is 0 Å². The van der Waals surface area contributed by atoms with E-state index in [0.717, 1.165) is 11.1 Å². The third-order valence-corrected chi connectivity index (χ3v) is 3.12. The molecule has 0 bridgehead atoms. The molecule has 4 heteroatoms. The van der Waals surface area contributed by atoms with Crippen molar-refractivity contribution in [2.75, 3.05) is 13.2 Å². The number of halogens is 1. The second-order valence-electron chi connectivity index (χ2n) is 4.28. The van der Waals surface area contributed by atoms with Crippen molar-refractivity contribution >= 4 is 11.6 Å². The first-order valence-corrected chi connectivity index (χ1v) is 6.00. The highest BCUT2D eigenvalue weighted by Gasteiger charge is 2.23. The molecule has 0 aromatic heterocycles. The lowest BCUT2D eigenvalue weighted by Crippen LogP contribution is -2.17. The van der Waals surface area contributed by atoms with Gasteiger partial charge in [0.2, 0.25) is 0 Å². The first-order valence-electron chi connectivity index (χ1n) is 5.63. The van der Waals surface area contributed by atoms with Crippen LogP contribution in [-0.4, -0.2) is 13.2 Å². The van der Waals surface area contributed by atoms with Crippen LogP contribution in [0.2, 0.25) is 5.02 Å². The SMILES string of the molecule is CC(C)c1c(CC#N)cc2c(c1Cl)OCCO2. The molecule has 0 saturated carbocycles. The van der Waals surface area contributed by atoms with E-state index in [4.69, 9.17) is 26.3 Å². The van der Waals surface area contributed by atoms with E-state index in [1.807, 2.05) is 6.07 Å². The van der Waals surface area contributed by atoms with Gasteiger partial charge in [0.15, 0.2) is 11.5 Å². The molecular weight excluding hydrogens is 238 g/mol. The van der Waals surface area contributed by atoms with Gasteiger partial charge < -0.3 is 9.47 Å². The van der Waals surface area contributed by atoms with Gasteiger partial charge in [0, 0.05) is 0 Å². The summed E-state index contributed by atoms with van der Waals surface area (Å²) in [5, 5.41) is 9.44. The maximum Gasteiger partial charge on any atom is 0.180 e. The van der Waals surface area contributed by atoms with Crippen LogP contribution in [0.3, 0.4) is 0 Å². The third kappa shape index (κ3) is 2.18. The quantitative estimate of drug-likeness (QED) is 0.810. The fraction of sp³-hybridized carbons (Fsp3) is 0.462. The molecule has 0 spiro atoms. The van der Waals surface area contributed by atoms with E-state index in [1.165, 1.54) is 0 Å². The predicted octanol–water partition coefficient (Wildman–Crippen LogP) is 3.30. The highest BCUT2D eigenvalue weighted by Crippen LogP contribution is 2.44. The van der Waals surface area contributed by atoms with Gasteiger partial charge in [-0.25, -0.2) is 0 Å². The van der Waals surface area contributed by atoms with Crippen LogP contribution in [0.4, 0.5) is 0 Å². The number of benzene rings is 1. The van der Waals surface area contributed by atoms with Gasteiger partial charge >= 0.3 is 0 Å². The molecule has 17 heavy (non-hydrogen) atoms. The monoisotopic (exact) mass is 251 g/mol. The first-order chi connectivity index (χ1) is 8.15. The minimum absolute atomic E-state index is 0.252. The third-order valence-electron chi connectivity index (χ3n) is 2.75. The highest BCUT2D eigenvalue weighted by molar-refractivity contribution is 6.33. The van der Waals surface area contributed by atoms with Gasteiger partial charge in [-0.15, -0.1) is 0 Å². The van der Waals surface area contributed by atoms with Crippen LogP contribution in [0.1, 0.15) is 30.9 Å². The smallest absolute Gasteiger partial charge is 0.180 e. The van der Waals surface area contributed by atoms with Crippen molar-refractivity contribution in [2.45, 2.75) is 26.2 Å². The largest absolute Gasteiger partial charge is 0.486 e. The van der Waals surface area contributed by atoms with Crippen LogP contribution in [0.5, 0.6) is 11.5 Å². The van der Waals surface area contributed by atoms with Crippen LogP contribution < -0.4 is 9.47 Å². The molecule has 0 aliphatic carbocycles. The van der Waals surface area contributed by atoms with E-state index in [-0.39, 0.29) is 5.92 Å². The summed E-state index contributed by atoms with van der Waals surface area (Å²) in [6.45, 7) is 5.15. The summed E-state index contributed by atoms with van der Waals surface area (Å²) < 4.78 is 11.0. The van der Waals surface area contributed by atoms with Crippen molar-refractivity contribution in [1.82, 2.24) is 0 Å². The average Bonchev–Trinajstić information content (AvgIpc) is 2.29. The summed E-state index contributed by atoms with van der Waals surface area (Å²) in [7, 11) is 0. The fourth-order valence-electron chi connectivity index (χ4n) is 2.07. The van der Waals surface area contributed by atoms with E-state index in [1.54, 1.807) is 0 Å². The lowest BCUT2D eigenvalue weighted by atomic mass is 9.94. The minimum Gasteiger partial charge on any atom is -0.486 e. The molecule has 0 fully saturated rings. The maximum atomic E-state index is 8.86. The number of fused-ring (bicyclic) bond motifs is 1. The number of hydrogen-bond donors (Lipinski definition) is 0. The molecule has 0 saturated heterocycles. The molecule has 1 aromatic rings. The van der Waals surface area contributed by atoms with E-state index in [2.05, 4.69) is 19.9 Å². The molecular formula is C13H14ClNO2. The number of hydrogen-bond acceptors (Lipinski definition) is 3. The first kappa shape index (κ1) is 12.1. The summed E-state index contributed by atoms with van der Waals surface area (Å²) in [4.78, 5) is 0. The Kier molecular flexibility index (Phi) is 3.44. The topological polar surface area (TPSA) is 42.2 Å². The van der Waals surface area contributed by atoms with Crippen LogP contribution in [-0.2, 0) is 6.42 Å². The molecule has 1 aliphatic rings. The molecule has 1 aromatic carbocycles. The van der Waals surface area contributed by atoms with Gasteiger partial charge in [-0.05, 0) is 23.1 Å². The van der Waals surface area contributed by atoms with Gasteiger partial charge in [-0.2, -0.15) is 5.26 Å². The molecule has 0 N–H and O–H groups in total. The second kappa shape index (κ2) is 4.85. The zero-order valence-corrected chi connectivity index (χ0v) is 10.7. The molecule has 1 aliphatic heterocycles. The Hall–Kier alpha value is -1.40. The summed E-state index contributed by atoms with van der Waals surface area (Å²) in [5.74, 6) is 1.51. The Balaban J connectivity index is 2.60. The zero-order chi connectivity index (χ0) is 12.4. The maximum absolute atomic E-state index is 8.86. The molecule has 0 unspecified atom stereocenters. The van der Waals surface area contributed by atoms with Crippen LogP contribution in [0.25, 0.3) is 0 Å². The van der Waals surface area contributed by atoms with Crippen LogP contribution in [0, 0.1) is 11.3 Å². The van der Waals surface area contributed by atoms with Gasteiger partial charge in [0.05, 0.1) is 17.5 Å². The molecule has 0 atom stereocenters. The lowest BCUT2D eigenvalue weighted by Gasteiger charge is -2.23. The van der Waals surface area contributed by atoms with Crippen molar-refractivity contribution in [1.29, 1.82) is 5.26 Å². The van der Waals surface area contributed by atoms with Gasteiger partial charge in [0.1, 0.15) is 13.2 Å². The molecule has 3 nitrogen and oxygen atoms in total. The summed E-state index contributed by atoms with van der Waals surface area (Å²) in [6, 6.07) is 4.03. The van der Waals surface area contributed by atoms with Crippen LogP contribution in [0.15, 0.2) is 6.07 Å². The van der Waals surface area contributed by atoms with Crippen molar-refractivity contribution in [3.8, 4) is 17.6 Å². The summed E-state index contributed by atoms with van der Waals surface area (Å²) >= 11 is 6.35. The van der Waals surface area contributed by atoms with Crippen molar-refractivity contribution in [3.05, 3.63) is 22.2 Å². The Morgan fingerprint density at radius 1 is 1.41 bits per heavy atom. The zero-order valence-electron chi connectivity index (χ0n) is 9.92. The fourth-order valence-corrected chi connectivity index (χ4v) is 2.55. The lowest BCUT2D eigenvalue weighted by molar-refractivity contribution is 0.171. The normalized spacial score (nSPS) is 13.6. The number of nitrogens with zero attached hydrogens (tertiary/aromatic N) is 1. The molecule has 90 valence electrons. The highest BCUT2D eigenvalue weighted by atomic mass is 35.5. The van der Waals surface area contributed by atoms with Gasteiger partial charge in [-0.1, -0.05) is 25.4 Å². The van der Waals surface area contributed by atoms with Gasteiger partial charge in [-0.3, -0.25) is 0 Å². The number of nitriles is 1. The number of ether oxygens (including phenoxy) is 2. The van der Waals surface area contributed by atoms with Gasteiger partial charge in [0.25, 0.3) is 0 Å². The van der Waals surface area contributed by atoms with Crippen LogP contribution >= 0.6 is 11.6 Å². The average molecular weight is 252 g/mol. The Bertz CT molecular complexity index is 477. The number of rotatable bonds is 2.